The summed E-state index contributed by atoms with van der Waals surface area (Å²) in [7, 11) is 0. The van der Waals surface area contributed by atoms with Gasteiger partial charge in [-0.15, -0.1) is 0 Å². The van der Waals surface area contributed by atoms with Crippen LogP contribution in [0.4, 0.5) is 5.82 Å². The van der Waals surface area contributed by atoms with Crippen LogP contribution < -0.4 is 5.32 Å². The van der Waals surface area contributed by atoms with Crippen molar-refractivity contribution < 1.29 is 9.59 Å². The van der Waals surface area contributed by atoms with E-state index in [1.165, 1.54) is 0 Å². The standard InChI is InChI=1S/C23H33BrN4O2/c1-15(2)27(21(30)16-11-9-10-12-17(16)24)14-20(29)25-19-13-18(22(3,4)5)26-28(19)23(6,7)8/h9-13,15H,14H2,1-8H3,(H,25,29). The Morgan fingerprint density at radius 1 is 1.13 bits per heavy atom. The number of anilines is 1. The Morgan fingerprint density at radius 3 is 2.23 bits per heavy atom. The van der Waals surface area contributed by atoms with E-state index in [0.29, 0.717) is 15.9 Å². The van der Waals surface area contributed by atoms with E-state index in [9.17, 15) is 9.59 Å². The summed E-state index contributed by atoms with van der Waals surface area (Å²) in [6.07, 6.45) is 0. The summed E-state index contributed by atoms with van der Waals surface area (Å²) in [5, 5.41) is 7.70. The average Bonchev–Trinajstić information content (AvgIpc) is 3.03. The lowest BCUT2D eigenvalue weighted by molar-refractivity contribution is -0.117. The molecule has 1 heterocycles. The Labute approximate surface area is 188 Å². The molecule has 0 fully saturated rings. The smallest absolute Gasteiger partial charge is 0.255 e. The second-order valence-electron chi connectivity index (χ2n) is 9.80. The van der Waals surface area contributed by atoms with Crippen molar-refractivity contribution in [3.8, 4) is 0 Å². The molecule has 1 aromatic carbocycles. The summed E-state index contributed by atoms with van der Waals surface area (Å²) in [5.74, 6) is 0.191. The highest BCUT2D eigenvalue weighted by Crippen LogP contribution is 2.28. The molecule has 0 atom stereocenters. The zero-order valence-electron chi connectivity index (χ0n) is 19.2. The van der Waals surface area contributed by atoms with Gasteiger partial charge in [0.05, 0.1) is 16.8 Å². The molecule has 0 unspecified atom stereocenters. The molecule has 164 valence electrons. The predicted octanol–water partition coefficient (Wildman–Crippen LogP) is 5.19. The summed E-state index contributed by atoms with van der Waals surface area (Å²) < 4.78 is 2.54. The third-order valence-electron chi connectivity index (χ3n) is 4.68. The van der Waals surface area contributed by atoms with Crippen molar-refractivity contribution >= 4 is 33.6 Å². The molecule has 7 heteroatoms. The van der Waals surface area contributed by atoms with Crippen molar-refractivity contribution in [3.05, 3.63) is 46.1 Å². The highest BCUT2D eigenvalue weighted by atomic mass is 79.9. The van der Waals surface area contributed by atoms with Crippen LogP contribution in [0.2, 0.25) is 0 Å². The van der Waals surface area contributed by atoms with Crippen LogP contribution >= 0.6 is 15.9 Å². The first-order valence-corrected chi connectivity index (χ1v) is 11.0. The van der Waals surface area contributed by atoms with E-state index < -0.39 is 0 Å². The van der Waals surface area contributed by atoms with Gasteiger partial charge in [-0.05, 0) is 62.7 Å². The molecule has 0 saturated carbocycles. The van der Waals surface area contributed by atoms with Crippen LogP contribution in [-0.2, 0) is 15.7 Å². The minimum absolute atomic E-state index is 0.0436. The third kappa shape index (κ3) is 5.72. The van der Waals surface area contributed by atoms with Crippen molar-refractivity contribution in [2.75, 3.05) is 11.9 Å². The van der Waals surface area contributed by atoms with Gasteiger partial charge in [-0.3, -0.25) is 9.59 Å². The highest BCUT2D eigenvalue weighted by molar-refractivity contribution is 9.10. The Kier molecular flexibility index (Phi) is 7.17. The number of nitrogens with zero attached hydrogens (tertiary/aromatic N) is 3. The second kappa shape index (κ2) is 8.92. The zero-order valence-corrected chi connectivity index (χ0v) is 20.8. The minimum atomic E-state index is -0.297. The number of nitrogens with one attached hydrogen (secondary N) is 1. The molecule has 30 heavy (non-hydrogen) atoms. The van der Waals surface area contributed by atoms with Gasteiger partial charge in [0.2, 0.25) is 5.91 Å². The molecule has 1 N–H and O–H groups in total. The first kappa shape index (κ1) is 24.1. The lowest BCUT2D eigenvalue weighted by atomic mass is 9.92. The summed E-state index contributed by atoms with van der Waals surface area (Å²) in [4.78, 5) is 27.6. The average molecular weight is 477 g/mol. The number of hydrogen-bond donors (Lipinski definition) is 1. The Bertz CT molecular complexity index is 920. The fraction of sp³-hybridized carbons (Fsp3) is 0.522. The molecule has 0 aliphatic heterocycles. The summed E-state index contributed by atoms with van der Waals surface area (Å²) >= 11 is 3.43. The third-order valence-corrected chi connectivity index (χ3v) is 5.37. The van der Waals surface area contributed by atoms with Gasteiger partial charge < -0.3 is 10.2 Å². The van der Waals surface area contributed by atoms with Gasteiger partial charge in [0, 0.05) is 22.0 Å². The fourth-order valence-electron chi connectivity index (χ4n) is 2.96. The quantitative estimate of drug-likeness (QED) is 0.645. The SMILES string of the molecule is CC(C)N(CC(=O)Nc1cc(C(C)(C)C)nn1C(C)(C)C)C(=O)c1ccccc1Br. The molecule has 2 rings (SSSR count). The maximum Gasteiger partial charge on any atom is 0.255 e. The van der Waals surface area contributed by atoms with Crippen molar-refractivity contribution in [1.29, 1.82) is 0 Å². The number of benzene rings is 1. The molecular weight excluding hydrogens is 444 g/mol. The zero-order chi connectivity index (χ0) is 22.9. The Balaban J connectivity index is 2.27. The monoisotopic (exact) mass is 476 g/mol. The molecular formula is C23H33BrN4O2. The molecule has 0 aliphatic carbocycles. The van der Waals surface area contributed by atoms with E-state index in [-0.39, 0.29) is 35.4 Å². The molecule has 2 aromatic rings. The largest absolute Gasteiger partial charge is 0.327 e. The van der Waals surface area contributed by atoms with E-state index in [0.717, 1.165) is 5.69 Å². The van der Waals surface area contributed by atoms with E-state index >= 15 is 0 Å². The predicted molar refractivity (Wildman–Crippen MR) is 125 cm³/mol. The molecule has 0 spiro atoms. The van der Waals surface area contributed by atoms with Gasteiger partial charge in [0.1, 0.15) is 12.4 Å². The number of hydrogen-bond acceptors (Lipinski definition) is 3. The van der Waals surface area contributed by atoms with Crippen LogP contribution in [0.5, 0.6) is 0 Å². The first-order chi connectivity index (χ1) is 13.7. The van der Waals surface area contributed by atoms with Crippen LogP contribution in [0.25, 0.3) is 0 Å². The highest BCUT2D eigenvalue weighted by Gasteiger charge is 2.27. The van der Waals surface area contributed by atoms with Crippen LogP contribution in [0.1, 0.15) is 71.4 Å². The van der Waals surface area contributed by atoms with E-state index in [1.807, 2.05) is 63.6 Å². The summed E-state index contributed by atoms with van der Waals surface area (Å²) in [6, 6.07) is 9.03. The topological polar surface area (TPSA) is 67.2 Å². The maximum atomic E-state index is 13.1. The minimum Gasteiger partial charge on any atom is -0.327 e. The van der Waals surface area contributed by atoms with Gasteiger partial charge in [0.25, 0.3) is 5.91 Å². The lowest BCUT2D eigenvalue weighted by Crippen LogP contribution is -2.43. The number of carbonyl (C=O) groups excluding carboxylic acids is 2. The van der Waals surface area contributed by atoms with Crippen molar-refractivity contribution in [2.45, 2.75) is 72.4 Å². The second-order valence-corrected chi connectivity index (χ2v) is 10.7. The molecule has 0 radical (unpaired) electrons. The maximum absolute atomic E-state index is 13.1. The molecule has 0 bridgehead atoms. The van der Waals surface area contributed by atoms with Crippen molar-refractivity contribution in [2.24, 2.45) is 0 Å². The van der Waals surface area contributed by atoms with Crippen LogP contribution in [0.3, 0.4) is 0 Å². The van der Waals surface area contributed by atoms with E-state index in [4.69, 9.17) is 5.10 Å². The molecule has 6 nitrogen and oxygen atoms in total. The summed E-state index contributed by atoms with van der Waals surface area (Å²) in [6.45, 7) is 16.1. The number of amides is 2. The Hall–Kier alpha value is -2.15. The number of halogens is 1. The summed E-state index contributed by atoms with van der Waals surface area (Å²) in [5.41, 5.74) is 0.996. The molecule has 0 saturated heterocycles. The lowest BCUT2D eigenvalue weighted by Gasteiger charge is -2.27. The molecule has 1 aromatic heterocycles. The molecule has 2 amide bonds. The van der Waals surface area contributed by atoms with Gasteiger partial charge in [0.15, 0.2) is 0 Å². The van der Waals surface area contributed by atoms with Gasteiger partial charge in [-0.1, -0.05) is 32.9 Å². The van der Waals surface area contributed by atoms with Crippen LogP contribution in [-0.4, -0.2) is 39.1 Å². The number of carbonyl (C=O) groups is 2. The van der Waals surface area contributed by atoms with E-state index in [1.54, 1.807) is 11.0 Å². The fourth-order valence-corrected chi connectivity index (χ4v) is 3.42. The van der Waals surface area contributed by atoms with Crippen molar-refractivity contribution in [3.63, 3.8) is 0 Å². The van der Waals surface area contributed by atoms with Gasteiger partial charge in [-0.2, -0.15) is 5.10 Å². The van der Waals surface area contributed by atoms with Crippen LogP contribution in [0.15, 0.2) is 34.8 Å². The first-order valence-electron chi connectivity index (χ1n) is 10.2. The molecule has 0 aliphatic rings. The van der Waals surface area contributed by atoms with Gasteiger partial charge in [-0.25, -0.2) is 4.68 Å². The normalized spacial score (nSPS) is 12.2. The van der Waals surface area contributed by atoms with E-state index in [2.05, 4.69) is 42.0 Å². The van der Waals surface area contributed by atoms with Crippen LogP contribution in [0, 0.1) is 0 Å². The number of rotatable bonds is 5. The van der Waals surface area contributed by atoms with Gasteiger partial charge >= 0.3 is 0 Å². The Morgan fingerprint density at radius 2 is 1.73 bits per heavy atom. The number of aromatic nitrogens is 2. The van der Waals surface area contributed by atoms with Crippen molar-refractivity contribution in [1.82, 2.24) is 14.7 Å².